The average molecular weight is 200 g/mol. The van der Waals surface area contributed by atoms with Crippen molar-refractivity contribution in [3.63, 3.8) is 0 Å². The van der Waals surface area contributed by atoms with Crippen molar-refractivity contribution in [2.45, 2.75) is 31.3 Å². The molecule has 80 valence electrons. The Bertz CT molecular complexity index is 257. The molecule has 3 fully saturated rings. The average Bonchev–Trinajstić information content (AvgIpc) is 2.63. The lowest BCUT2D eigenvalue weighted by Crippen LogP contribution is -2.43. The summed E-state index contributed by atoms with van der Waals surface area (Å²) in [6, 6.07) is 0. The van der Waals surface area contributed by atoms with Gasteiger partial charge in [-0.25, -0.2) is 0 Å². The predicted molar refractivity (Wildman–Crippen MR) is 47.4 cm³/mol. The van der Waals surface area contributed by atoms with Crippen molar-refractivity contribution < 1.29 is 19.7 Å². The van der Waals surface area contributed by atoms with Crippen LogP contribution in [0.1, 0.15) is 13.3 Å². The predicted octanol–water partition coefficient (Wildman–Crippen LogP) is -0.263. The van der Waals surface area contributed by atoms with Gasteiger partial charge in [0, 0.05) is 11.8 Å². The smallest absolute Gasteiger partial charge is 0.163 e. The molecule has 2 aliphatic heterocycles. The number of rotatable bonds is 0. The monoisotopic (exact) mass is 200 g/mol. The second-order valence-electron chi connectivity index (χ2n) is 4.80. The molecule has 14 heavy (non-hydrogen) atoms. The van der Waals surface area contributed by atoms with Crippen molar-refractivity contribution in [1.29, 1.82) is 0 Å². The summed E-state index contributed by atoms with van der Waals surface area (Å²) in [6.07, 6.45) is 0.136. The minimum atomic E-state index is -0.866. The Kier molecular flexibility index (Phi) is 1.75. The molecule has 2 N–H and O–H groups in total. The summed E-state index contributed by atoms with van der Waals surface area (Å²) in [5.41, 5.74) is -0.866. The Hall–Kier alpha value is -0.160. The van der Waals surface area contributed by atoms with Gasteiger partial charge in [-0.3, -0.25) is 0 Å². The Labute approximate surface area is 82.8 Å². The molecule has 3 aliphatic rings. The first-order valence-electron chi connectivity index (χ1n) is 5.28. The van der Waals surface area contributed by atoms with Gasteiger partial charge >= 0.3 is 0 Å². The minimum absolute atomic E-state index is 0.0266. The van der Waals surface area contributed by atoms with Crippen molar-refractivity contribution in [3.8, 4) is 0 Å². The standard InChI is InChI=1S/C10H16O4/c1-5-8(11)6-2-3-13-9-7(6)10(5,12)4-14-9/h5-9,11-12H,2-4H2,1H3/t5-,6-,7-,8-,9-,10+/m1/s1. The lowest BCUT2D eigenvalue weighted by Gasteiger charge is -2.32. The van der Waals surface area contributed by atoms with Gasteiger partial charge in [-0.2, -0.15) is 0 Å². The van der Waals surface area contributed by atoms with E-state index in [9.17, 15) is 10.2 Å². The molecule has 4 heteroatoms. The normalized spacial score (nSPS) is 61.5. The second kappa shape index (κ2) is 2.70. The number of aliphatic hydroxyl groups excluding tert-OH is 1. The molecular formula is C10H16O4. The van der Waals surface area contributed by atoms with Gasteiger partial charge in [-0.15, -0.1) is 0 Å². The molecule has 0 radical (unpaired) electrons. The molecule has 1 aliphatic carbocycles. The van der Waals surface area contributed by atoms with Gasteiger partial charge in [0.05, 0.1) is 19.3 Å². The van der Waals surface area contributed by atoms with E-state index in [0.717, 1.165) is 6.42 Å². The summed E-state index contributed by atoms with van der Waals surface area (Å²) in [7, 11) is 0. The van der Waals surface area contributed by atoms with Gasteiger partial charge in [0.15, 0.2) is 6.29 Å². The molecule has 1 saturated carbocycles. The molecule has 2 heterocycles. The molecule has 4 nitrogen and oxygen atoms in total. The summed E-state index contributed by atoms with van der Waals surface area (Å²) in [6.45, 7) is 2.83. The van der Waals surface area contributed by atoms with Crippen LogP contribution in [0.3, 0.4) is 0 Å². The van der Waals surface area contributed by atoms with Crippen LogP contribution in [0.15, 0.2) is 0 Å². The number of aliphatic hydroxyl groups is 2. The fraction of sp³-hybridized carbons (Fsp3) is 1.00. The third-order valence-electron chi connectivity index (χ3n) is 4.28. The SMILES string of the molecule is C[C@@H]1[C@@H](O)[C@@H]2CCO[C@@H]3OC[C@@]1(O)[C@@H]32. The molecule has 0 aromatic rings. The molecular weight excluding hydrogens is 184 g/mol. The highest BCUT2D eigenvalue weighted by molar-refractivity contribution is 5.11. The van der Waals surface area contributed by atoms with Gasteiger partial charge in [0.25, 0.3) is 0 Å². The van der Waals surface area contributed by atoms with E-state index >= 15 is 0 Å². The zero-order valence-electron chi connectivity index (χ0n) is 8.22. The summed E-state index contributed by atoms with van der Waals surface area (Å²) < 4.78 is 10.9. The van der Waals surface area contributed by atoms with E-state index in [1.807, 2.05) is 6.92 Å². The first-order chi connectivity index (χ1) is 6.64. The molecule has 0 unspecified atom stereocenters. The number of hydrogen-bond donors (Lipinski definition) is 2. The molecule has 0 amide bonds. The van der Waals surface area contributed by atoms with E-state index in [1.165, 1.54) is 0 Å². The van der Waals surface area contributed by atoms with Crippen LogP contribution in [0.2, 0.25) is 0 Å². The van der Waals surface area contributed by atoms with Crippen molar-refractivity contribution in [1.82, 2.24) is 0 Å². The maximum Gasteiger partial charge on any atom is 0.163 e. The Morgan fingerprint density at radius 2 is 2.14 bits per heavy atom. The Morgan fingerprint density at radius 1 is 1.36 bits per heavy atom. The van der Waals surface area contributed by atoms with Crippen molar-refractivity contribution in [2.24, 2.45) is 17.8 Å². The lowest BCUT2D eigenvalue weighted by molar-refractivity contribution is -0.175. The minimum Gasteiger partial charge on any atom is -0.392 e. The summed E-state index contributed by atoms with van der Waals surface area (Å²) in [5, 5.41) is 20.4. The third-order valence-corrected chi connectivity index (χ3v) is 4.28. The molecule has 6 atom stereocenters. The largest absolute Gasteiger partial charge is 0.392 e. The number of hydrogen-bond acceptors (Lipinski definition) is 4. The topological polar surface area (TPSA) is 58.9 Å². The highest BCUT2D eigenvalue weighted by Gasteiger charge is 2.65. The van der Waals surface area contributed by atoms with E-state index < -0.39 is 11.7 Å². The highest BCUT2D eigenvalue weighted by Crippen LogP contribution is 2.54. The second-order valence-corrected chi connectivity index (χ2v) is 4.80. The van der Waals surface area contributed by atoms with Crippen LogP contribution in [0, 0.1) is 17.8 Å². The van der Waals surface area contributed by atoms with Gasteiger partial charge in [-0.1, -0.05) is 6.92 Å². The van der Waals surface area contributed by atoms with E-state index in [1.54, 1.807) is 0 Å². The van der Waals surface area contributed by atoms with Crippen LogP contribution in [-0.4, -0.2) is 41.4 Å². The molecule has 0 aromatic heterocycles. The fourth-order valence-electron chi connectivity index (χ4n) is 3.36. The Balaban J connectivity index is 2.00. The van der Waals surface area contributed by atoms with E-state index in [4.69, 9.17) is 9.47 Å². The van der Waals surface area contributed by atoms with Crippen LogP contribution in [0.4, 0.5) is 0 Å². The van der Waals surface area contributed by atoms with Gasteiger partial charge in [0.1, 0.15) is 5.60 Å². The molecule has 3 rings (SSSR count). The van der Waals surface area contributed by atoms with Crippen molar-refractivity contribution in [3.05, 3.63) is 0 Å². The van der Waals surface area contributed by atoms with Crippen molar-refractivity contribution in [2.75, 3.05) is 13.2 Å². The maximum absolute atomic E-state index is 10.4. The van der Waals surface area contributed by atoms with Crippen LogP contribution in [0.25, 0.3) is 0 Å². The van der Waals surface area contributed by atoms with Gasteiger partial charge < -0.3 is 19.7 Å². The molecule has 2 saturated heterocycles. The third kappa shape index (κ3) is 0.877. The van der Waals surface area contributed by atoms with Gasteiger partial charge in [0.2, 0.25) is 0 Å². The van der Waals surface area contributed by atoms with E-state index in [-0.39, 0.29) is 24.0 Å². The van der Waals surface area contributed by atoms with E-state index in [0.29, 0.717) is 13.2 Å². The van der Waals surface area contributed by atoms with Crippen molar-refractivity contribution >= 4 is 0 Å². The van der Waals surface area contributed by atoms with Crippen LogP contribution < -0.4 is 0 Å². The van der Waals surface area contributed by atoms with E-state index in [2.05, 4.69) is 0 Å². The Morgan fingerprint density at radius 3 is 2.93 bits per heavy atom. The molecule has 0 aromatic carbocycles. The quantitative estimate of drug-likeness (QED) is 0.565. The van der Waals surface area contributed by atoms with Crippen LogP contribution in [-0.2, 0) is 9.47 Å². The zero-order chi connectivity index (χ0) is 9.92. The summed E-state index contributed by atoms with van der Waals surface area (Å²) in [4.78, 5) is 0. The highest BCUT2D eigenvalue weighted by atomic mass is 16.7. The summed E-state index contributed by atoms with van der Waals surface area (Å²) in [5.74, 6) is 0.0155. The lowest BCUT2D eigenvalue weighted by atomic mass is 9.83. The number of ether oxygens (including phenoxy) is 2. The first kappa shape index (κ1) is 9.09. The summed E-state index contributed by atoms with van der Waals surface area (Å²) >= 11 is 0. The fourth-order valence-corrected chi connectivity index (χ4v) is 3.36. The van der Waals surface area contributed by atoms with Crippen LogP contribution >= 0.6 is 0 Å². The zero-order valence-corrected chi connectivity index (χ0v) is 8.22. The van der Waals surface area contributed by atoms with Crippen LogP contribution in [0.5, 0.6) is 0 Å². The molecule has 0 spiro atoms. The van der Waals surface area contributed by atoms with Gasteiger partial charge in [-0.05, 0) is 12.3 Å². The first-order valence-corrected chi connectivity index (χ1v) is 5.28. The molecule has 0 bridgehead atoms. The maximum atomic E-state index is 10.4.